The lowest BCUT2D eigenvalue weighted by Crippen LogP contribution is -2.27. The molecule has 140 valence electrons. The van der Waals surface area contributed by atoms with E-state index in [2.05, 4.69) is 10.5 Å². The first-order valence-electron chi connectivity index (χ1n) is 8.46. The Balaban J connectivity index is 1.78. The van der Waals surface area contributed by atoms with Gasteiger partial charge in [-0.1, -0.05) is 12.1 Å². The molecule has 7 nitrogen and oxygen atoms in total. The van der Waals surface area contributed by atoms with Crippen molar-refractivity contribution in [2.45, 2.75) is 37.3 Å². The Morgan fingerprint density at radius 1 is 1.35 bits per heavy atom. The Labute approximate surface area is 156 Å². The molecule has 3 heterocycles. The summed E-state index contributed by atoms with van der Waals surface area (Å²) in [5.41, 5.74) is 1.13. The van der Waals surface area contributed by atoms with Crippen LogP contribution in [-0.2, 0) is 14.8 Å². The molecule has 1 fully saturated rings. The van der Waals surface area contributed by atoms with E-state index in [0.29, 0.717) is 40.9 Å². The summed E-state index contributed by atoms with van der Waals surface area (Å²) in [5, 5.41) is 6.64. The van der Waals surface area contributed by atoms with Crippen molar-refractivity contribution in [3.8, 4) is 0 Å². The highest BCUT2D eigenvalue weighted by Crippen LogP contribution is 2.29. The van der Waals surface area contributed by atoms with Gasteiger partial charge in [-0.2, -0.15) is 4.31 Å². The zero-order valence-corrected chi connectivity index (χ0v) is 16.3. The summed E-state index contributed by atoms with van der Waals surface area (Å²) in [5.74, 6) is 0.308. The van der Waals surface area contributed by atoms with Gasteiger partial charge in [-0.05, 0) is 44.1 Å². The first-order valence-corrected chi connectivity index (χ1v) is 10.7. The van der Waals surface area contributed by atoms with Crippen molar-refractivity contribution in [3.63, 3.8) is 0 Å². The number of nitrogens with one attached hydrogen (secondary N) is 1. The third-order valence-corrected chi connectivity index (χ3v) is 7.55. The van der Waals surface area contributed by atoms with Crippen molar-refractivity contribution in [2.75, 3.05) is 18.4 Å². The first kappa shape index (κ1) is 18.8. The highest BCUT2D eigenvalue weighted by Gasteiger charge is 2.28. The van der Waals surface area contributed by atoms with Gasteiger partial charge in [0.05, 0.1) is 0 Å². The van der Waals surface area contributed by atoms with Crippen LogP contribution < -0.4 is 5.32 Å². The number of carbonyl (C=O) groups is 1. The monoisotopic (exact) mass is 395 g/mol. The molecule has 1 amide bonds. The van der Waals surface area contributed by atoms with E-state index in [1.807, 2.05) is 0 Å². The average Bonchev–Trinajstić information content (AvgIpc) is 3.35. The lowest BCUT2D eigenvalue weighted by molar-refractivity contribution is -0.115. The molecule has 1 aliphatic rings. The van der Waals surface area contributed by atoms with Crippen molar-refractivity contribution in [3.05, 3.63) is 28.5 Å². The minimum Gasteiger partial charge on any atom is -0.354 e. The van der Waals surface area contributed by atoms with E-state index in [1.165, 1.54) is 15.6 Å². The zero-order valence-electron chi connectivity index (χ0n) is 14.7. The maximum atomic E-state index is 12.6. The molecule has 0 spiro atoms. The van der Waals surface area contributed by atoms with Crippen LogP contribution >= 0.6 is 11.3 Å². The van der Waals surface area contributed by atoms with E-state index < -0.39 is 10.0 Å². The molecule has 0 aliphatic carbocycles. The molecule has 2 aromatic rings. The first-order chi connectivity index (χ1) is 12.4. The summed E-state index contributed by atoms with van der Waals surface area (Å²) < 4.78 is 32.3. The number of thiophene rings is 1. The van der Waals surface area contributed by atoms with Crippen LogP contribution in [-0.4, -0.2) is 36.9 Å². The minimum absolute atomic E-state index is 0.124. The number of nitrogens with zero attached hydrogens (tertiary/aromatic N) is 2. The molecule has 1 aliphatic heterocycles. The molecule has 9 heteroatoms. The normalized spacial score (nSPS) is 15.8. The summed E-state index contributed by atoms with van der Waals surface area (Å²) in [6, 6.07) is 3.39. The van der Waals surface area contributed by atoms with Crippen molar-refractivity contribution in [1.82, 2.24) is 9.46 Å². The fourth-order valence-corrected chi connectivity index (χ4v) is 5.56. The van der Waals surface area contributed by atoms with Gasteiger partial charge in [0.2, 0.25) is 5.91 Å². The highest BCUT2D eigenvalue weighted by molar-refractivity contribution is 7.91. The van der Waals surface area contributed by atoms with Crippen molar-refractivity contribution in [2.24, 2.45) is 0 Å². The zero-order chi connectivity index (χ0) is 18.7. The van der Waals surface area contributed by atoms with Gasteiger partial charge in [-0.3, -0.25) is 4.79 Å². The second-order valence-corrected chi connectivity index (χ2v) is 9.29. The molecule has 0 radical (unpaired) electrons. The number of rotatable bonds is 6. The van der Waals surface area contributed by atoms with Crippen LogP contribution in [0.4, 0.5) is 5.69 Å². The Hall–Kier alpha value is -1.97. The second-order valence-electron chi connectivity index (χ2n) is 6.01. The second kappa shape index (κ2) is 7.73. The fraction of sp³-hybridized carbons (Fsp3) is 0.412. The quantitative estimate of drug-likeness (QED) is 0.810. The van der Waals surface area contributed by atoms with Crippen LogP contribution in [0, 0.1) is 6.92 Å². The smallest absolute Gasteiger partial charge is 0.252 e. The molecule has 0 aromatic carbocycles. The summed E-state index contributed by atoms with van der Waals surface area (Å²) in [4.78, 5) is 12.4. The average molecular weight is 396 g/mol. The molecular formula is C17H21N3O4S2. The van der Waals surface area contributed by atoms with E-state index >= 15 is 0 Å². The molecule has 0 unspecified atom stereocenters. The number of aromatic nitrogens is 1. The van der Waals surface area contributed by atoms with Crippen LogP contribution in [0.25, 0.3) is 12.2 Å². The van der Waals surface area contributed by atoms with Crippen LogP contribution in [0.1, 0.15) is 42.5 Å². The molecular weight excluding hydrogens is 374 g/mol. The van der Waals surface area contributed by atoms with Gasteiger partial charge in [0.1, 0.15) is 15.6 Å². The predicted octanol–water partition coefficient (Wildman–Crippen LogP) is 3.35. The molecule has 1 saturated heterocycles. The number of hydrogen-bond donors (Lipinski definition) is 1. The van der Waals surface area contributed by atoms with Gasteiger partial charge < -0.3 is 9.84 Å². The van der Waals surface area contributed by atoms with Crippen LogP contribution in [0.15, 0.2) is 20.9 Å². The highest BCUT2D eigenvalue weighted by atomic mass is 32.2. The van der Waals surface area contributed by atoms with Gasteiger partial charge in [-0.25, -0.2) is 8.42 Å². The number of carbonyl (C=O) groups excluding carboxylic acids is 1. The topological polar surface area (TPSA) is 92.5 Å². The Bertz CT molecular complexity index is 922. The number of amides is 1. The van der Waals surface area contributed by atoms with Crippen LogP contribution in [0.5, 0.6) is 0 Å². The van der Waals surface area contributed by atoms with Crippen molar-refractivity contribution >= 4 is 45.1 Å². The van der Waals surface area contributed by atoms with Gasteiger partial charge in [0, 0.05) is 24.4 Å². The fourth-order valence-electron chi connectivity index (χ4n) is 2.66. The number of aryl methyl sites for hydroxylation is 1. The third-order valence-electron chi connectivity index (χ3n) is 4.13. The van der Waals surface area contributed by atoms with Crippen molar-refractivity contribution in [1.29, 1.82) is 0 Å². The van der Waals surface area contributed by atoms with E-state index in [9.17, 15) is 13.2 Å². The predicted molar refractivity (Wildman–Crippen MR) is 101 cm³/mol. The largest absolute Gasteiger partial charge is 0.354 e. The maximum Gasteiger partial charge on any atom is 0.252 e. The lowest BCUT2D eigenvalue weighted by atomic mass is 10.2. The molecule has 0 atom stereocenters. The van der Waals surface area contributed by atoms with Crippen LogP contribution in [0.3, 0.4) is 0 Å². The molecule has 0 saturated carbocycles. The van der Waals surface area contributed by atoms with E-state index in [-0.39, 0.29) is 5.91 Å². The number of sulfonamides is 1. The maximum absolute atomic E-state index is 12.6. The summed E-state index contributed by atoms with van der Waals surface area (Å²) >= 11 is 1.21. The van der Waals surface area contributed by atoms with E-state index in [1.54, 1.807) is 38.1 Å². The SMILES string of the molecule is CCC(=O)Nc1c(C)noc1C=Cc1ccc(S(=O)(=O)N2CCCC2)s1. The molecule has 0 bridgehead atoms. The molecule has 26 heavy (non-hydrogen) atoms. The lowest BCUT2D eigenvalue weighted by Gasteiger charge is -2.13. The molecule has 3 rings (SSSR count). The van der Waals surface area contributed by atoms with Gasteiger partial charge in [-0.15, -0.1) is 11.3 Å². The summed E-state index contributed by atoms with van der Waals surface area (Å²) in [6.07, 6.45) is 5.62. The number of anilines is 1. The van der Waals surface area contributed by atoms with Gasteiger partial charge in [0.25, 0.3) is 10.0 Å². The molecule has 2 aromatic heterocycles. The van der Waals surface area contributed by atoms with Crippen molar-refractivity contribution < 1.29 is 17.7 Å². The Kier molecular flexibility index (Phi) is 5.59. The van der Waals surface area contributed by atoms with Crippen LogP contribution in [0.2, 0.25) is 0 Å². The third kappa shape index (κ3) is 3.89. The van der Waals surface area contributed by atoms with E-state index in [4.69, 9.17) is 4.52 Å². The minimum atomic E-state index is -3.40. The Morgan fingerprint density at radius 2 is 2.08 bits per heavy atom. The number of hydrogen-bond acceptors (Lipinski definition) is 6. The summed E-state index contributed by atoms with van der Waals surface area (Å²) in [7, 11) is -3.40. The Morgan fingerprint density at radius 3 is 2.77 bits per heavy atom. The van der Waals surface area contributed by atoms with Gasteiger partial charge >= 0.3 is 0 Å². The van der Waals surface area contributed by atoms with Gasteiger partial charge in [0.15, 0.2) is 5.76 Å². The summed E-state index contributed by atoms with van der Waals surface area (Å²) in [6.45, 7) is 4.69. The van der Waals surface area contributed by atoms with E-state index in [0.717, 1.165) is 17.7 Å². The molecule has 1 N–H and O–H groups in total. The standard InChI is InChI=1S/C17H21N3O4S2/c1-3-15(21)18-17-12(2)19-24-14(17)8-6-13-7-9-16(25-13)26(22,23)20-10-4-5-11-20/h6-9H,3-5,10-11H2,1-2H3,(H,18,21).